The summed E-state index contributed by atoms with van der Waals surface area (Å²) in [5, 5.41) is 22.9. The van der Waals surface area contributed by atoms with E-state index < -0.39 is 5.97 Å². The molecule has 0 unspecified atom stereocenters. The fourth-order valence-electron chi connectivity index (χ4n) is 3.63. The zero-order chi connectivity index (χ0) is 22.1. The van der Waals surface area contributed by atoms with Crippen molar-refractivity contribution in [3.05, 3.63) is 82.6 Å². The van der Waals surface area contributed by atoms with Crippen LogP contribution in [0.2, 0.25) is 0 Å². The lowest BCUT2D eigenvalue weighted by Gasteiger charge is -2.08. The monoisotopic (exact) mass is 435 g/mol. The number of nitrogens with zero attached hydrogens (tertiary/aromatic N) is 1. The molecule has 6 heteroatoms. The second-order valence-electron chi connectivity index (χ2n) is 7.47. The maximum Gasteiger partial charge on any atom is 0.335 e. The molecule has 0 saturated heterocycles. The van der Waals surface area contributed by atoms with Gasteiger partial charge in [0, 0.05) is 0 Å². The number of Topliss-reactive ketones (excluding diaryl/α,β-unsaturated/α-hetero) is 1. The van der Waals surface area contributed by atoms with Crippen molar-refractivity contribution in [3.63, 3.8) is 0 Å². The first-order valence-corrected chi connectivity index (χ1v) is 11.1. The molecule has 0 aliphatic heterocycles. The number of hydrogen-bond acceptors (Lipinski definition) is 5. The minimum atomic E-state index is -0.879. The number of carboxylic acids is 1. The molecule has 1 aliphatic rings. The molecule has 1 aromatic heterocycles. The summed E-state index contributed by atoms with van der Waals surface area (Å²) >= 11 is 1.41. The standard InChI is InChI=1S/C18H19NO2S.C7H6O2/c20-18(16(19-21)10-13-6-4-5-7-13)17-11-15(12-22-17)14-8-2-1-3-9-14;8-7(9)6-4-2-1-3-5-6/h1-3,8-9,11-13,21H,4-7,10H2;1-5H,(H,8,9). The third kappa shape index (κ3) is 6.36. The van der Waals surface area contributed by atoms with E-state index in [-0.39, 0.29) is 5.78 Å². The van der Waals surface area contributed by atoms with Crippen molar-refractivity contribution in [1.29, 1.82) is 0 Å². The molecule has 5 nitrogen and oxygen atoms in total. The summed E-state index contributed by atoms with van der Waals surface area (Å²) in [5.41, 5.74) is 2.76. The first kappa shape index (κ1) is 22.4. The van der Waals surface area contributed by atoms with E-state index in [1.54, 1.807) is 30.3 Å². The van der Waals surface area contributed by atoms with Crippen LogP contribution in [0, 0.1) is 5.92 Å². The quantitative estimate of drug-likeness (QED) is 0.203. The summed E-state index contributed by atoms with van der Waals surface area (Å²) in [4.78, 5) is 23.4. The Morgan fingerprint density at radius 2 is 1.55 bits per heavy atom. The number of carbonyl (C=O) groups excluding carboxylic acids is 1. The van der Waals surface area contributed by atoms with Crippen molar-refractivity contribution in [1.82, 2.24) is 0 Å². The van der Waals surface area contributed by atoms with Gasteiger partial charge in [0.1, 0.15) is 5.71 Å². The van der Waals surface area contributed by atoms with Crippen LogP contribution in [0.25, 0.3) is 11.1 Å². The van der Waals surface area contributed by atoms with E-state index in [4.69, 9.17) is 5.11 Å². The molecular formula is C25H25NO4S. The number of oxime groups is 1. The Morgan fingerprint density at radius 1 is 0.935 bits per heavy atom. The van der Waals surface area contributed by atoms with Crippen molar-refractivity contribution in [2.24, 2.45) is 11.1 Å². The van der Waals surface area contributed by atoms with Gasteiger partial charge in [-0.2, -0.15) is 0 Å². The second-order valence-corrected chi connectivity index (χ2v) is 8.38. The lowest BCUT2D eigenvalue weighted by atomic mass is 9.97. The van der Waals surface area contributed by atoms with Gasteiger partial charge in [0.05, 0.1) is 10.4 Å². The van der Waals surface area contributed by atoms with Gasteiger partial charge in [0.25, 0.3) is 0 Å². The molecule has 160 valence electrons. The number of thiophene rings is 1. The first-order valence-electron chi connectivity index (χ1n) is 10.3. The second kappa shape index (κ2) is 11.2. The van der Waals surface area contributed by atoms with Gasteiger partial charge in [0.2, 0.25) is 5.78 Å². The van der Waals surface area contributed by atoms with Crippen LogP contribution >= 0.6 is 11.3 Å². The largest absolute Gasteiger partial charge is 0.478 e. The molecule has 31 heavy (non-hydrogen) atoms. The molecule has 1 saturated carbocycles. The molecule has 1 aliphatic carbocycles. The number of rotatable bonds is 6. The molecule has 0 spiro atoms. The predicted octanol–water partition coefficient (Wildman–Crippen LogP) is 6.39. The van der Waals surface area contributed by atoms with Crippen LogP contribution in [0.5, 0.6) is 0 Å². The van der Waals surface area contributed by atoms with Gasteiger partial charge in [-0.25, -0.2) is 4.79 Å². The van der Waals surface area contributed by atoms with Gasteiger partial charge < -0.3 is 10.3 Å². The smallest absolute Gasteiger partial charge is 0.335 e. The summed E-state index contributed by atoms with van der Waals surface area (Å²) in [6.07, 6.45) is 5.29. The van der Waals surface area contributed by atoms with Crippen LogP contribution in [0.4, 0.5) is 0 Å². The van der Waals surface area contributed by atoms with Crippen molar-refractivity contribution >= 4 is 28.8 Å². The van der Waals surface area contributed by atoms with Crippen molar-refractivity contribution in [2.45, 2.75) is 32.1 Å². The molecule has 1 heterocycles. The summed E-state index contributed by atoms with van der Waals surface area (Å²) in [5.74, 6) is -0.527. The number of aromatic carboxylic acids is 1. The molecule has 2 N–H and O–H groups in total. The summed E-state index contributed by atoms with van der Waals surface area (Å²) in [6.45, 7) is 0. The first-order chi connectivity index (χ1) is 15.1. The summed E-state index contributed by atoms with van der Waals surface area (Å²) < 4.78 is 0. The van der Waals surface area contributed by atoms with E-state index in [1.165, 1.54) is 24.2 Å². The number of hydrogen-bond donors (Lipinski definition) is 2. The van der Waals surface area contributed by atoms with Gasteiger partial charge in [0.15, 0.2) is 0 Å². The van der Waals surface area contributed by atoms with Crippen LogP contribution < -0.4 is 0 Å². The minimum Gasteiger partial charge on any atom is -0.478 e. The fraction of sp³-hybridized carbons (Fsp3) is 0.240. The van der Waals surface area contributed by atoms with E-state index in [2.05, 4.69) is 5.16 Å². The van der Waals surface area contributed by atoms with E-state index in [1.807, 2.05) is 41.8 Å². The molecule has 1 fully saturated rings. The Labute approximate surface area is 185 Å². The molecule has 0 amide bonds. The normalized spacial score (nSPS) is 14.0. The highest BCUT2D eigenvalue weighted by atomic mass is 32.1. The zero-order valence-electron chi connectivity index (χ0n) is 17.1. The van der Waals surface area contributed by atoms with E-state index in [9.17, 15) is 14.8 Å². The zero-order valence-corrected chi connectivity index (χ0v) is 17.9. The number of ketones is 1. The van der Waals surface area contributed by atoms with Crippen LogP contribution in [0.3, 0.4) is 0 Å². The number of carbonyl (C=O) groups is 2. The highest BCUT2D eigenvalue weighted by Gasteiger charge is 2.23. The Hall–Kier alpha value is -3.25. The van der Waals surface area contributed by atoms with Gasteiger partial charge in [-0.1, -0.05) is 79.4 Å². The van der Waals surface area contributed by atoms with Gasteiger partial charge >= 0.3 is 5.97 Å². The van der Waals surface area contributed by atoms with E-state index >= 15 is 0 Å². The average Bonchev–Trinajstić information content (AvgIpc) is 3.51. The Balaban J connectivity index is 0.000000254. The Morgan fingerprint density at radius 3 is 2.10 bits per heavy atom. The molecule has 2 aromatic carbocycles. The lowest BCUT2D eigenvalue weighted by molar-refractivity contribution is 0.0696. The summed E-state index contributed by atoms with van der Waals surface area (Å²) in [6, 6.07) is 20.2. The molecule has 4 rings (SSSR count). The van der Waals surface area contributed by atoms with Crippen LogP contribution in [-0.2, 0) is 0 Å². The van der Waals surface area contributed by atoms with Gasteiger partial charge in [-0.05, 0) is 47.0 Å². The maximum absolute atomic E-state index is 12.5. The highest BCUT2D eigenvalue weighted by Crippen LogP contribution is 2.30. The van der Waals surface area contributed by atoms with Crippen LogP contribution in [0.15, 0.2) is 77.3 Å². The molecule has 0 bridgehead atoms. The van der Waals surface area contributed by atoms with Crippen molar-refractivity contribution in [2.75, 3.05) is 0 Å². The third-order valence-corrected chi connectivity index (χ3v) is 6.22. The predicted molar refractivity (Wildman–Crippen MR) is 123 cm³/mol. The average molecular weight is 436 g/mol. The third-order valence-electron chi connectivity index (χ3n) is 5.29. The topological polar surface area (TPSA) is 87.0 Å². The Bertz CT molecular complexity index is 1020. The number of benzene rings is 2. The molecule has 3 aromatic rings. The molecule has 0 radical (unpaired) electrons. The van der Waals surface area contributed by atoms with E-state index in [0.29, 0.717) is 28.5 Å². The van der Waals surface area contributed by atoms with Crippen molar-refractivity contribution in [3.8, 4) is 11.1 Å². The fourth-order valence-corrected chi connectivity index (χ4v) is 4.51. The van der Waals surface area contributed by atoms with Crippen molar-refractivity contribution < 1.29 is 19.9 Å². The highest BCUT2D eigenvalue weighted by molar-refractivity contribution is 7.13. The van der Waals surface area contributed by atoms with E-state index in [0.717, 1.165) is 24.0 Å². The van der Waals surface area contributed by atoms with Crippen LogP contribution in [-0.4, -0.2) is 27.8 Å². The lowest BCUT2D eigenvalue weighted by Crippen LogP contribution is -2.16. The number of carboxylic acid groups (broad SMARTS) is 1. The Kier molecular flexibility index (Phi) is 8.12. The van der Waals surface area contributed by atoms with Gasteiger partial charge in [-0.15, -0.1) is 11.3 Å². The minimum absolute atomic E-state index is 0.137. The van der Waals surface area contributed by atoms with Crippen LogP contribution in [0.1, 0.15) is 52.1 Å². The summed E-state index contributed by atoms with van der Waals surface area (Å²) in [7, 11) is 0. The van der Waals surface area contributed by atoms with Gasteiger partial charge in [-0.3, -0.25) is 4.79 Å². The SMILES string of the molecule is O=C(C(CC1CCCC1)=NO)c1cc(-c2ccccc2)cs1.O=C(O)c1ccccc1. The molecular weight excluding hydrogens is 410 g/mol. The molecule has 0 atom stereocenters. The maximum atomic E-state index is 12.5.